The van der Waals surface area contributed by atoms with E-state index in [0.29, 0.717) is 17.8 Å². The summed E-state index contributed by atoms with van der Waals surface area (Å²) in [6.45, 7) is 11.2. The molecule has 246 valence electrons. The third kappa shape index (κ3) is 6.63. The summed E-state index contributed by atoms with van der Waals surface area (Å²) in [5.41, 5.74) is 3.96. The van der Waals surface area contributed by atoms with Crippen LogP contribution in [0.1, 0.15) is 67.4 Å². The number of nitrogens with one attached hydrogen (secondary N) is 1. The maximum absolute atomic E-state index is 14.4. The fraction of sp³-hybridized carbons (Fsp3) is 0.514. The number of aryl methyl sites for hydroxylation is 2. The Morgan fingerprint density at radius 1 is 1.04 bits per heavy atom. The van der Waals surface area contributed by atoms with Crippen LogP contribution in [0.15, 0.2) is 53.4 Å². The fourth-order valence-electron chi connectivity index (χ4n) is 7.57. The van der Waals surface area contributed by atoms with E-state index in [9.17, 15) is 18.3 Å². The molecule has 2 N–H and O–H groups in total. The Kier molecular flexibility index (Phi) is 9.11. The number of carbonyl (C=O) groups excluding carboxylic acids is 1. The van der Waals surface area contributed by atoms with Crippen LogP contribution in [0.4, 0.5) is 5.95 Å². The molecule has 1 aromatic heterocycles. The zero-order valence-corrected chi connectivity index (χ0v) is 28.0. The summed E-state index contributed by atoms with van der Waals surface area (Å²) in [7, 11) is -4.12. The SMILES string of the molecule is Cc1cccc(C)c1-c1cc2nc(n1)NS(=O)(=O)c1cccc(c1)C(=O)N(C1CC3(CCN(CCO)CC3)C1)[C@H](CC(C)C)CO2. The number of carbonyl (C=O) groups is 1. The molecule has 1 aliphatic carbocycles. The maximum Gasteiger partial charge on any atom is 0.264 e. The number of rotatable bonds is 6. The molecule has 2 aliphatic heterocycles. The van der Waals surface area contributed by atoms with Crippen molar-refractivity contribution in [2.75, 3.05) is 37.6 Å². The lowest BCUT2D eigenvalue weighted by molar-refractivity contribution is -0.0539. The third-order valence-electron chi connectivity index (χ3n) is 9.92. The summed E-state index contributed by atoms with van der Waals surface area (Å²) in [6, 6.07) is 13.7. The first-order chi connectivity index (χ1) is 22.0. The van der Waals surface area contributed by atoms with Crippen LogP contribution in [0.2, 0.25) is 0 Å². The second kappa shape index (κ2) is 12.9. The molecule has 1 atom stereocenters. The van der Waals surface area contributed by atoms with Gasteiger partial charge in [0.05, 0.1) is 23.2 Å². The van der Waals surface area contributed by atoms with Crippen molar-refractivity contribution in [2.45, 2.75) is 76.8 Å². The van der Waals surface area contributed by atoms with Gasteiger partial charge in [0, 0.05) is 29.8 Å². The van der Waals surface area contributed by atoms with E-state index >= 15 is 0 Å². The summed E-state index contributed by atoms with van der Waals surface area (Å²) in [4.78, 5) is 27.8. The van der Waals surface area contributed by atoms with Crippen LogP contribution in [-0.2, 0) is 10.0 Å². The second-order valence-corrected chi connectivity index (χ2v) is 15.4. The van der Waals surface area contributed by atoms with E-state index in [1.54, 1.807) is 18.2 Å². The molecular weight excluding hydrogens is 602 g/mol. The number of benzene rings is 2. The smallest absolute Gasteiger partial charge is 0.264 e. The van der Waals surface area contributed by atoms with Crippen LogP contribution < -0.4 is 9.46 Å². The number of aliphatic hydroxyl groups is 1. The zero-order valence-electron chi connectivity index (χ0n) is 27.2. The first kappa shape index (κ1) is 32.4. The topological polar surface area (TPSA) is 125 Å². The maximum atomic E-state index is 14.4. The fourth-order valence-corrected chi connectivity index (χ4v) is 8.56. The number of hydrogen-bond donors (Lipinski definition) is 2. The molecule has 2 fully saturated rings. The number of fused-ring (bicyclic) bond motifs is 4. The van der Waals surface area contributed by atoms with Gasteiger partial charge in [0.1, 0.15) is 6.61 Å². The molecule has 1 saturated carbocycles. The highest BCUT2D eigenvalue weighted by atomic mass is 32.2. The van der Waals surface area contributed by atoms with Crippen molar-refractivity contribution < 1.29 is 23.1 Å². The molecule has 11 heteroatoms. The highest BCUT2D eigenvalue weighted by Gasteiger charge is 2.50. The summed E-state index contributed by atoms with van der Waals surface area (Å²) >= 11 is 0. The number of hydrogen-bond acceptors (Lipinski definition) is 8. The van der Waals surface area contributed by atoms with Crippen LogP contribution in [0.3, 0.4) is 0 Å². The lowest BCUT2D eigenvalue weighted by Gasteiger charge is -2.56. The Morgan fingerprint density at radius 3 is 2.41 bits per heavy atom. The second-order valence-electron chi connectivity index (χ2n) is 13.7. The van der Waals surface area contributed by atoms with Gasteiger partial charge in [0.15, 0.2) is 0 Å². The van der Waals surface area contributed by atoms with Crippen LogP contribution in [0.5, 0.6) is 5.88 Å². The van der Waals surface area contributed by atoms with E-state index in [4.69, 9.17) is 4.74 Å². The van der Waals surface area contributed by atoms with Gasteiger partial charge in [-0.3, -0.25) is 4.79 Å². The number of piperidine rings is 1. The zero-order chi connectivity index (χ0) is 32.6. The molecule has 1 spiro atoms. The van der Waals surface area contributed by atoms with E-state index < -0.39 is 10.0 Å². The first-order valence-electron chi connectivity index (χ1n) is 16.3. The number of aromatic nitrogens is 2. The Bertz CT molecular complexity index is 1670. The lowest BCUT2D eigenvalue weighted by atomic mass is 9.59. The number of sulfonamides is 1. The first-order valence-corrected chi connectivity index (χ1v) is 17.8. The molecule has 0 radical (unpaired) electrons. The Balaban J connectivity index is 1.40. The summed E-state index contributed by atoms with van der Waals surface area (Å²) < 4.78 is 36.3. The minimum absolute atomic E-state index is 0.0129. The Labute approximate surface area is 272 Å². The molecule has 1 amide bonds. The Hall–Kier alpha value is -3.54. The lowest BCUT2D eigenvalue weighted by Crippen LogP contribution is -2.60. The number of amides is 1. The van der Waals surface area contributed by atoms with Gasteiger partial charge in [-0.05, 0) is 99.7 Å². The molecule has 2 aromatic carbocycles. The molecule has 1 saturated heterocycles. The Morgan fingerprint density at radius 2 is 1.74 bits per heavy atom. The van der Waals surface area contributed by atoms with Gasteiger partial charge in [-0.25, -0.2) is 18.1 Å². The molecule has 3 heterocycles. The van der Waals surface area contributed by atoms with Gasteiger partial charge in [-0.15, -0.1) is 0 Å². The highest BCUT2D eigenvalue weighted by Crippen LogP contribution is 2.52. The van der Waals surface area contributed by atoms with Crippen LogP contribution in [-0.4, -0.2) is 84.1 Å². The van der Waals surface area contributed by atoms with Crippen molar-refractivity contribution in [1.29, 1.82) is 0 Å². The molecule has 46 heavy (non-hydrogen) atoms. The monoisotopic (exact) mass is 647 g/mol. The minimum atomic E-state index is -4.12. The summed E-state index contributed by atoms with van der Waals surface area (Å²) in [6.07, 6.45) is 4.60. The number of aliphatic hydroxyl groups excluding tert-OH is 1. The van der Waals surface area contributed by atoms with E-state index in [1.807, 2.05) is 36.9 Å². The summed E-state index contributed by atoms with van der Waals surface area (Å²) in [5, 5.41) is 9.39. The van der Waals surface area contributed by atoms with Gasteiger partial charge in [-0.1, -0.05) is 38.1 Å². The molecule has 4 bridgehead atoms. The van der Waals surface area contributed by atoms with Crippen LogP contribution >= 0.6 is 0 Å². The number of nitrogens with zero attached hydrogens (tertiary/aromatic N) is 4. The van der Waals surface area contributed by atoms with E-state index in [1.165, 1.54) is 12.1 Å². The molecule has 3 aliphatic rings. The molecular formula is C35H45N5O5S. The van der Waals surface area contributed by atoms with E-state index in [2.05, 4.69) is 33.4 Å². The van der Waals surface area contributed by atoms with E-state index in [-0.39, 0.29) is 59.3 Å². The van der Waals surface area contributed by atoms with Crippen molar-refractivity contribution in [3.63, 3.8) is 0 Å². The number of likely N-dealkylation sites (tertiary alicyclic amines) is 1. The standard InChI is InChI=1S/C35H45N5O5S/c1-23(2)17-27-22-45-31-19-30(32-24(3)7-5-8-25(32)4)36-34(37-31)38-46(43,44)29-10-6-9-26(18-29)33(42)40(27)28-20-35(21-28)11-13-39(14-12-35)15-16-41/h5-10,18-19,23,27-28,41H,11-17,20-22H2,1-4H3,(H,36,37,38)/t27-/m1/s1. The predicted molar refractivity (Wildman–Crippen MR) is 177 cm³/mol. The van der Waals surface area contributed by atoms with Gasteiger partial charge in [0.2, 0.25) is 11.8 Å². The van der Waals surface area contributed by atoms with Gasteiger partial charge >= 0.3 is 0 Å². The quantitative estimate of drug-likeness (QED) is 0.381. The average molecular weight is 648 g/mol. The summed E-state index contributed by atoms with van der Waals surface area (Å²) in [5.74, 6) is 0.266. The number of ether oxygens (including phenoxy) is 1. The van der Waals surface area contributed by atoms with Crippen molar-refractivity contribution >= 4 is 21.9 Å². The molecule has 10 nitrogen and oxygen atoms in total. The van der Waals surface area contributed by atoms with Gasteiger partial charge in [0.25, 0.3) is 15.9 Å². The number of anilines is 1. The van der Waals surface area contributed by atoms with Gasteiger partial charge < -0.3 is 19.6 Å². The normalized spacial score (nSPS) is 21.5. The minimum Gasteiger partial charge on any atom is -0.475 e. The van der Waals surface area contributed by atoms with E-state index in [0.717, 1.165) is 61.9 Å². The van der Waals surface area contributed by atoms with Crippen LogP contribution in [0.25, 0.3) is 11.3 Å². The van der Waals surface area contributed by atoms with Crippen molar-refractivity contribution in [1.82, 2.24) is 19.8 Å². The largest absolute Gasteiger partial charge is 0.475 e. The molecule has 0 unspecified atom stereocenters. The van der Waals surface area contributed by atoms with Crippen molar-refractivity contribution in [3.05, 3.63) is 65.2 Å². The van der Waals surface area contributed by atoms with Crippen molar-refractivity contribution in [2.24, 2.45) is 11.3 Å². The predicted octanol–water partition coefficient (Wildman–Crippen LogP) is 5.05. The number of β-amino-alcohol motifs (C(OH)–C–C–N with tert-alkyl or cyclic N) is 1. The van der Waals surface area contributed by atoms with Crippen LogP contribution in [0, 0.1) is 25.2 Å². The third-order valence-corrected chi connectivity index (χ3v) is 11.2. The van der Waals surface area contributed by atoms with Crippen molar-refractivity contribution in [3.8, 4) is 17.1 Å². The van der Waals surface area contributed by atoms with Gasteiger partial charge in [-0.2, -0.15) is 4.98 Å². The highest BCUT2D eigenvalue weighted by molar-refractivity contribution is 7.92. The average Bonchev–Trinajstić information content (AvgIpc) is 2.99. The molecule has 6 rings (SSSR count). The molecule has 3 aromatic rings.